The van der Waals surface area contributed by atoms with Gasteiger partial charge in [0.2, 0.25) is 0 Å². The number of hydrogen-bond acceptors (Lipinski definition) is 4. The summed E-state index contributed by atoms with van der Waals surface area (Å²) in [6, 6.07) is 14.0. The van der Waals surface area contributed by atoms with E-state index >= 15 is 0 Å². The molecule has 0 aliphatic heterocycles. The first kappa shape index (κ1) is 22.5. The first-order valence-corrected chi connectivity index (χ1v) is 10.8. The summed E-state index contributed by atoms with van der Waals surface area (Å²) in [5.74, 6) is -1.85. The Balaban J connectivity index is 1.64. The van der Waals surface area contributed by atoms with Crippen LogP contribution >= 0.6 is 0 Å². The van der Waals surface area contributed by atoms with E-state index in [1.54, 1.807) is 6.07 Å². The fraction of sp³-hybridized carbons (Fsp3) is 0.0455. The molecule has 1 heterocycles. The van der Waals surface area contributed by atoms with Gasteiger partial charge in [0.1, 0.15) is 17.5 Å². The molecule has 11 heteroatoms. The van der Waals surface area contributed by atoms with Gasteiger partial charge < -0.3 is 5.32 Å². The number of anilines is 3. The molecule has 170 valence electrons. The zero-order valence-electron chi connectivity index (χ0n) is 16.5. The van der Waals surface area contributed by atoms with Gasteiger partial charge in [0.15, 0.2) is 0 Å². The highest BCUT2D eigenvalue weighted by Crippen LogP contribution is 2.32. The molecule has 0 aliphatic rings. The van der Waals surface area contributed by atoms with Gasteiger partial charge in [-0.05, 0) is 54.6 Å². The third-order valence-electron chi connectivity index (χ3n) is 4.58. The normalized spacial score (nSPS) is 12.0. The van der Waals surface area contributed by atoms with Gasteiger partial charge >= 0.3 is 6.18 Å². The molecule has 3 aromatic carbocycles. The van der Waals surface area contributed by atoms with Crippen molar-refractivity contribution < 1.29 is 30.4 Å². The second-order valence-corrected chi connectivity index (χ2v) is 8.67. The number of aromatic nitrogens is 1. The molecule has 0 spiro atoms. The molecule has 0 amide bonds. The molecule has 2 N–H and O–H groups in total. The van der Waals surface area contributed by atoms with Crippen LogP contribution in [0.15, 0.2) is 77.7 Å². The van der Waals surface area contributed by atoms with Crippen LogP contribution in [0.1, 0.15) is 5.56 Å². The Kier molecular flexibility index (Phi) is 5.66. The summed E-state index contributed by atoms with van der Waals surface area (Å²) in [4.78, 5) is 3.72. The lowest BCUT2D eigenvalue weighted by Gasteiger charge is -2.13. The first-order valence-electron chi connectivity index (χ1n) is 9.34. The van der Waals surface area contributed by atoms with Crippen molar-refractivity contribution in [1.29, 1.82) is 0 Å². The molecule has 0 fully saturated rings. The van der Waals surface area contributed by atoms with Crippen LogP contribution < -0.4 is 10.0 Å². The van der Waals surface area contributed by atoms with E-state index in [2.05, 4.69) is 15.0 Å². The Morgan fingerprint density at radius 3 is 2.21 bits per heavy atom. The van der Waals surface area contributed by atoms with E-state index in [0.29, 0.717) is 29.1 Å². The van der Waals surface area contributed by atoms with Crippen LogP contribution in [0.3, 0.4) is 0 Å². The van der Waals surface area contributed by atoms with Gasteiger partial charge in [-0.3, -0.25) is 4.72 Å². The fourth-order valence-corrected chi connectivity index (χ4v) is 4.24. The molecule has 5 nitrogen and oxygen atoms in total. The van der Waals surface area contributed by atoms with Gasteiger partial charge in [-0.1, -0.05) is 12.1 Å². The van der Waals surface area contributed by atoms with Gasteiger partial charge in [-0.15, -0.1) is 0 Å². The van der Waals surface area contributed by atoms with Gasteiger partial charge in [-0.2, -0.15) is 13.2 Å². The minimum Gasteiger partial charge on any atom is -0.340 e. The Hall–Kier alpha value is -3.73. The zero-order chi connectivity index (χ0) is 23.8. The maximum absolute atomic E-state index is 13.5. The van der Waals surface area contributed by atoms with Crippen molar-refractivity contribution in [1.82, 2.24) is 4.98 Å². The molecule has 4 aromatic rings. The number of hydrogen-bond donors (Lipinski definition) is 2. The number of nitrogens with zero attached hydrogens (tertiary/aromatic N) is 1. The van der Waals surface area contributed by atoms with E-state index in [1.165, 1.54) is 36.4 Å². The van der Waals surface area contributed by atoms with Gasteiger partial charge in [-0.25, -0.2) is 22.2 Å². The monoisotopic (exact) mass is 479 g/mol. The smallest absolute Gasteiger partial charge is 0.340 e. The van der Waals surface area contributed by atoms with E-state index in [4.69, 9.17) is 0 Å². The van der Waals surface area contributed by atoms with Gasteiger partial charge in [0.25, 0.3) is 10.0 Å². The molecule has 0 aliphatic carbocycles. The van der Waals surface area contributed by atoms with Crippen molar-refractivity contribution in [3.8, 4) is 0 Å². The van der Waals surface area contributed by atoms with Crippen LogP contribution in [0, 0.1) is 11.6 Å². The average Bonchev–Trinajstić information content (AvgIpc) is 2.72. The molecule has 0 saturated carbocycles. The molecular formula is C22H14F5N3O2S. The highest BCUT2D eigenvalue weighted by atomic mass is 32.2. The van der Waals surface area contributed by atoms with E-state index in [9.17, 15) is 30.4 Å². The third-order valence-corrected chi connectivity index (χ3v) is 5.93. The summed E-state index contributed by atoms with van der Waals surface area (Å²) in [5.41, 5.74) is -0.215. The zero-order valence-corrected chi connectivity index (χ0v) is 17.3. The van der Waals surface area contributed by atoms with Crippen molar-refractivity contribution in [3.63, 3.8) is 0 Å². The lowest BCUT2D eigenvalue weighted by atomic mass is 10.1. The summed E-state index contributed by atoms with van der Waals surface area (Å²) in [5, 5.41) is 3.15. The largest absolute Gasteiger partial charge is 0.416 e. The van der Waals surface area contributed by atoms with Crippen LogP contribution in [0.2, 0.25) is 0 Å². The van der Waals surface area contributed by atoms with Crippen LogP contribution in [0.5, 0.6) is 0 Å². The average molecular weight is 479 g/mol. The second kappa shape index (κ2) is 8.32. The second-order valence-electron chi connectivity index (χ2n) is 6.98. The number of fused-ring (bicyclic) bond motifs is 1. The molecule has 0 atom stereocenters. The summed E-state index contributed by atoms with van der Waals surface area (Å²) in [6.07, 6.45) is -4.49. The Morgan fingerprint density at radius 1 is 0.818 bits per heavy atom. The lowest BCUT2D eigenvalue weighted by Crippen LogP contribution is -2.14. The van der Waals surface area contributed by atoms with Crippen molar-refractivity contribution in [2.24, 2.45) is 0 Å². The standard InChI is InChI=1S/C22H14F5N3O2S/c23-14-10-15(24)12-17(11-14)33(31,32)30-20-6-2-5-19-18(20)7-8-21(29-19)28-16-4-1-3-13(9-16)22(25,26)27/h1-12,30H,(H,28,29). The third kappa shape index (κ3) is 5.03. The fourth-order valence-electron chi connectivity index (χ4n) is 3.12. The molecule has 0 saturated heterocycles. The number of sulfonamides is 1. The first-order chi connectivity index (χ1) is 15.5. The number of pyridine rings is 1. The van der Waals surface area contributed by atoms with Crippen LogP contribution in [-0.2, 0) is 16.2 Å². The Morgan fingerprint density at radius 2 is 1.52 bits per heavy atom. The van der Waals surface area contributed by atoms with Crippen molar-refractivity contribution >= 4 is 38.1 Å². The molecule has 0 radical (unpaired) electrons. The predicted molar refractivity (Wildman–Crippen MR) is 114 cm³/mol. The van der Waals surface area contributed by atoms with E-state index < -0.39 is 38.3 Å². The van der Waals surface area contributed by atoms with Crippen LogP contribution in [0.25, 0.3) is 10.9 Å². The summed E-state index contributed by atoms with van der Waals surface area (Å²) in [6.45, 7) is 0. The SMILES string of the molecule is O=S(=O)(Nc1cccc2nc(Nc3cccc(C(F)(F)F)c3)ccc12)c1cc(F)cc(F)c1. The molecule has 33 heavy (non-hydrogen) atoms. The molecule has 1 aromatic heterocycles. The van der Waals surface area contributed by atoms with Crippen LogP contribution in [-0.4, -0.2) is 13.4 Å². The van der Waals surface area contributed by atoms with Gasteiger partial charge in [0, 0.05) is 17.1 Å². The Bertz CT molecular complexity index is 1440. The molecule has 0 bridgehead atoms. The minimum absolute atomic E-state index is 0.107. The van der Waals surface area contributed by atoms with E-state index in [1.807, 2.05) is 0 Å². The molecule has 0 unspecified atom stereocenters. The summed E-state index contributed by atoms with van der Waals surface area (Å²) < 4.78 is 93.1. The number of rotatable bonds is 5. The number of nitrogens with one attached hydrogen (secondary N) is 2. The highest BCUT2D eigenvalue weighted by molar-refractivity contribution is 7.92. The van der Waals surface area contributed by atoms with Gasteiger partial charge in [0.05, 0.1) is 21.7 Å². The maximum Gasteiger partial charge on any atom is 0.416 e. The minimum atomic E-state index is -4.49. The summed E-state index contributed by atoms with van der Waals surface area (Å²) >= 11 is 0. The van der Waals surface area contributed by atoms with Crippen molar-refractivity contribution in [2.75, 3.05) is 10.0 Å². The number of benzene rings is 3. The summed E-state index contributed by atoms with van der Waals surface area (Å²) in [7, 11) is -4.31. The highest BCUT2D eigenvalue weighted by Gasteiger charge is 2.30. The molecular weight excluding hydrogens is 465 g/mol. The number of alkyl halides is 3. The van der Waals surface area contributed by atoms with Crippen molar-refractivity contribution in [3.05, 3.63) is 90.0 Å². The predicted octanol–water partition coefficient (Wildman–Crippen LogP) is 6.08. The maximum atomic E-state index is 13.5. The number of halogens is 5. The Labute approximate surface area is 185 Å². The lowest BCUT2D eigenvalue weighted by molar-refractivity contribution is -0.137. The van der Waals surface area contributed by atoms with Crippen molar-refractivity contribution in [2.45, 2.75) is 11.1 Å². The topological polar surface area (TPSA) is 71.1 Å². The molecule has 4 rings (SSSR count). The van der Waals surface area contributed by atoms with Crippen LogP contribution in [0.4, 0.5) is 39.1 Å². The quantitative estimate of drug-likeness (QED) is 0.341. The van der Waals surface area contributed by atoms with E-state index in [-0.39, 0.29) is 17.2 Å². The van der Waals surface area contributed by atoms with E-state index in [0.717, 1.165) is 12.1 Å².